The first-order valence-electron chi connectivity index (χ1n) is 4.47. The van der Waals surface area contributed by atoms with Gasteiger partial charge in [0, 0.05) is 5.33 Å². The molecule has 76 valence electrons. The van der Waals surface area contributed by atoms with Crippen LogP contribution in [-0.2, 0) is 4.79 Å². The van der Waals surface area contributed by atoms with Gasteiger partial charge in [-0.05, 0) is 25.5 Å². The molecule has 0 aliphatic heterocycles. The summed E-state index contributed by atoms with van der Waals surface area (Å²) in [5.41, 5.74) is 2.16. The standard InChI is InChI=1S/C11H13BrO2/c1-8-3-4-10(9(2)7-8)14-11(13)5-6-12/h3-4,7H,5-6H2,1-2H3. The van der Waals surface area contributed by atoms with E-state index in [1.54, 1.807) is 0 Å². The maximum atomic E-state index is 11.2. The molecule has 0 radical (unpaired) electrons. The second-order valence-electron chi connectivity index (χ2n) is 3.18. The summed E-state index contributed by atoms with van der Waals surface area (Å²) >= 11 is 3.19. The lowest BCUT2D eigenvalue weighted by molar-refractivity contribution is -0.133. The number of carbonyl (C=O) groups is 1. The Morgan fingerprint density at radius 3 is 2.71 bits per heavy atom. The summed E-state index contributed by atoms with van der Waals surface area (Å²) < 4.78 is 5.17. The SMILES string of the molecule is Cc1ccc(OC(=O)CCBr)c(C)c1. The molecule has 0 N–H and O–H groups in total. The maximum absolute atomic E-state index is 11.2. The van der Waals surface area contributed by atoms with Crippen LogP contribution in [0, 0.1) is 13.8 Å². The summed E-state index contributed by atoms with van der Waals surface area (Å²) in [5, 5.41) is 0.636. The van der Waals surface area contributed by atoms with Gasteiger partial charge in [0.1, 0.15) is 5.75 Å². The Kier molecular flexibility index (Phi) is 4.14. The van der Waals surface area contributed by atoms with Crippen LogP contribution in [-0.4, -0.2) is 11.3 Å². The Bertz CT molecular complexity index is 334. The van der Waals surface area contributed by atoms with Gasteiger partial charge < -0.3 is 4.74 Å². The number of halogens is 1. The molecule has 0 unspecified atom stereocenters. The summed E-state index contributed by atoms with van der Waals surface area (Å²) in [6, 6.07) is 5.76. The molecule has 0 aromatic heterocycles. The van der Waals surface area contributed by atoms with Crippen molar-refractivity contribution in [1.29, 1.82) is 0 Å². The van der Waals surface area contributed by atoms with Crippen molar-refractivity contribution in [3.05, 3.63) is 29.3 Å². The molecule has 3 heteroatoms. The van der Waals surface area contributed by atoms with Gasteiger partial charge in [0.25, 0.3) is 0 Å². The molecule has 2 nitrogen and oxygen atoms in total. The van der Waals surface area contributed by atoms with Crippen LogP contribution in [0.15, 0.2) is 18.2 Å². The van der Waals surface area contributed by atoms with Crippen molar-refractivity contribution >= 4 is 21.9 Å². The highest BCUT2D eigenvalue weighted by molar-refractivity contribution is 9.09. The highest BCUT2D eigenvalue weighted by Crippen LogP contribution is 2.19. The van der Waals surface area contributed by atoms with Crippen LogP contribution in [0.1, 0.15) is 17.5 Å². The van der Waals surface area contributed by atoms with E-state index in [0.717, 1.165) is 5.56 Å². The van der Waals surface area contributed by atoms with Crippen LogP contribution in [0.25, 0.3) is 0 Å². The van der Waals surface area contributed by atoms with E-state index in [-0.39, 0.29) is 5.97 Å². The van der Waals surface area contributed by atoms with E-state index in [1.807, 2.05) is 32.0 Å². The molecule has 0 heterocycles. The Labute approximate surface area is 92.4 Å². The van der Waals surface area contributed by atoms with E-state index in [4.69, 9.17) is 4.74 Å². The lowest BCUT2D eigenvalue weighted by Gasteiger charge is -2.06. The molecule has 0 saturated carbocycles. The summed E-state index contributed by atoms with van der Waals surface area (Å²) in [5.74, 6) is 0.454. The summed E-state index contributed by atoms with van der Waals surface area (Å²) in [7, 11) is 0. The van der Waals surface area contributed by atoms with E-state index < -0.39 is 0 Å². The number of aryl methyl sites for hydroxylation is 2. The fourth-order valence-electron chi connectivity index (χ4n) is 1.16. The van der Waals surface area contributed by atoms with Crippen molar-refractivity contribution in [3.63, 3.8) is 0 Å². The molecule has 0 saturated heterocycles. The number of rotatable bonds is 3. The molecule has 14 heavy (non-hydrogen) atoms. The van der Waals surface area contributed by atoms with Crippen molar-refractivity contribution in [2.75, 3.05) is 5.33 Å². The van der Waals surface area contributed by atoms with E-state index >= 15 is 0 Å². The fraction of sp³-hybridized carbons (Fsp3) is 0.364. The average molecular weight is 257 g/mol. The van der Waals surface area contributed by atoms with Crippen molar-refractivity contribution in [3.8, 4) is 5.75 Å². The number of ether oxygens (including phenoxy) is 1. The van der Waals surface area contributed by atoms with Gasteiger partial charge >= 0.3 is 5.97 Å². The highest BCUT2D eigenvalue weighted by atomic mass is 79.9. The molecule has 1 aromatic rings. The predicted molar refractivity (Wildman–Crippen MR) is 60.0 cm³/mol. The van der Waals surface area contributed by atoms with Gasteiger partial charge in [-0.3, -0.25) is 4.79 Å². The van der Waals surface area contributed by atoms with Crippen molar-refractivity contribution < 1.29 is 9.53 Å². The zero-order chi connectivity index (χ0) is 10.6. The zero-order valence-electron chi connectivity index (χ0n) is 8.34. The number of hydrogen-bond acceptors (Lipinski definition) is 2. The third-order valence-electron chi connectivity index (χ3n) is 1.85. The molecule has 0 bridgehead atoms. The second kappa shape index (κ2) is 5.15. The van der Waals surface area contributed by atoms with Crippen LogP contribution in [0.5, 0.6) is 5.75 Å². The number of hydrogen-bond donors (Lipinski definition) is 0. The number of benzene rings is 1. The molecule has 1 aromatic carbocycles. The van der Waals surface area contributed by atoms with Gasteiger partial charge in [0.15, 0.2) is 0 Å². The Morgan fingerprint density at radius 2 is 2.14 bits per heavy atom. The van der Waals surface area contributed by atoms with E-state index in [2.05, 4.69) is 15.9 Å². The first kappa shape index (κ1) is 11.2. The quantitative estimate of drug-likeness (QED) is 0.472. The lowest BCUT2D eigenvalue weighted by Crippen LogP contribution is -2.08. The molecular formula is C11H13BrO2. The molecule has 0 fully saturated rings. The van der Waals surface area contributed by atoms with Crippen molar-refractivity contribution in [2.24, 2.45) is 0 Å². The van der Waals surface area contributed by atoms with Crippen LogP contribution >= 0.6 is 15.9 Å². The number of alkyl halides is 1. The molecular weight excluding hydrogens is 244 g/mol. The Morgan fingerprint density at radius 1 is 1.43 bits per heavy atom. The minimum Gasteiger partial charge on any atom is -0.426 e. The molecule has 0 aliphatic rings. The van der Waals surface area contributed by atoms with Gasteiger partial charge in [-0.1, -0.05) is 33.6 Å². The Hall–Kier alpha value is -0.830. The minimum atomic E-state index is -0.200. The predicted octanol–water partition coefficient (Wildman–Crippen LogP) is 2.99. The molecule has 1 rings (SSSR count). The van der Waals surface area contributed by atoms with E-state index in [9.17, 15) is 4.79 Å². The van der Waals surface area contributed by atoms with Gasteiger partial charge in [0.05, 0.1) is 6.42 Å². The van der Waals surface area contributed by atoms with Crippen LogP contribution < -0.4 is 4.74 Å². The second-order valence-corrected chi connectivity index (χ2v) is 3.98. The largest absolute Gasteiger partial charge is 0.426 e. The first-order chi connectivity index (χ1) is 6.63. The number of esters is 1. The summed E-state index contributed by atoms with van der Waals surface area (Å²) in [6.07, 6.45) is 0.396. The van der Waals surface area contributed by atoms with Crippen molar-refractivity contribution in [1.82, 2.24) is 0 Å². The highest BCUT2D eigenvalue weighted by Gasteiger charge is 2.05. The van der Waals surface area contributed by atoms with Crippen LogP contribution in [0.2, 0.25) is 0 Å². The van der Waals surface area contributed by atoms with E-state index in [1.165, 1.54) is 5.56 Å². The molecule has 0 amide bonds. The van der Waals surface area contributed by atoms with E-state index in [0.29, 0.717) is 17.5 Å². The van der Waals surface area contributed by atoms with Crippen molar-refractivity contribution in [2.45, 2.75) is 20.3 Å². The normalized spacial score (nSPS) is 9.93. The third kappa shape index (κ3) is 3.14. The third-order valence-corrected chi connectivity index (χ3v) is 2.25. The molecule has 0 atom stereocenters. The smallest absolute Gasteiger partial charge is 0.312 e. The van der Waals surface area contributed by atoms with Crippen LogP contribution in [0.3, 0.4) is 0 Å². The van der Waals surface area contributed by atoms with Gasteiger partial charge in [-0.15, -0.1) is 0 Å². The first-order valence-corrected chi connectivity index (χ1v) is 5.59. The summed E-state index contributed by atoms with van der Waals surface area (Å²) in [4.78, 5) is 11.2. The number of carbonyl (C=O) groups excluding carboxylic acids is 1. The summed E-state index contributed by atoms with van der Waals surface area (Å²) in [6.45, 7) is 3.95. The molecule has 0 spiro atoms. The monoisotopic (exact) mass is 256 g/mol. The lowest BCUT2D eigenvalue weighted by atomic mass is 10.1. The Balaban J connectivity index is 2.72. The van der Waals surface area contributed by atoms with Gasteiger partial charge in [-0.2, -0.15) is 0 Å². The van der Waals surface area contributed by atoms with Crippen LogP contribution in [0.4, 0.5) is 0 Å². The minimum absolute atomic E-state index is 0.200. The fourth-order valence-corrected chi connectivity index (χ4v) is 1.49. The average Bonchev–Trinajstić information content (AvgIpc) is 2.10. The topological polar surface area (TPSA) is 26.3 Å². The molecule has 0 aliphatic carbocycles. The van der Waals surface area contributed by atoms with Gasteiger partial charge in [0.2, 0.25) is 0 Å². The zero-order valence-corrected chi connectivity index (χ0v) is 9.93. The maximum Gasteiger partial charge on any atom is 0.312 e. The van der Waals surface area contributed by atoms with Gasteiger partial charge in [-0.25, -0.2) is 0 Å².